The van der Waals surface area contributed by atoms with Gasteiger partial charge in [-0.05, 0) is 13.3 Å². The summed E-state index contributed by atoms with van der Waals surface area (Å²) in [5, 5.41) is 2.86. The molecule has 0 fully saturated rings. The predicted molar refractivity (Wildman–Crippen MR) is 37.3 cm³/mol. The molecular formula is C5H11NOS. The summed E-state index contributed by atoms with van der Waals surface area (Å²) in [6.45, 7) is 0. The van der Waals surface area contributed by atoms with Gasteiger partial charge in [0.2, 0.25) is 0 Å². The topological polar surface area (TPSA) is 29.1 Å². The zero-order valence-corrected chi connectivity index (χ0v) is 5.99. The molecule has 1 N–H and O–H groups in total. The molecule has 0 amide bonds. The fourth-order valence-electron chi connectivity index (χ4n) is 0.370. The van der Waals surface area contributed by atoms with Gasteiger partial charge < -0.3 is 10.1 Å². The Morgan fingerprint density at radius 2 is 2.50 bits per heavy atom. The average molecular weight is 133 g/mol. The minimum absolute atomic E-state index is 0.0324. The van der Waals surface area contributed by atoms with E-state index in [0.717, 1.165) is 12.0 Å². The van der Waals surface area contributed by atoms with E-state index in [4.69, 9.17) is 0 Å². The SMILES string of the molecule is CNC(C=O)CSC. The molecule has 0 saturated heterocycles. The van der Waals surface area contributed by atoms with Gasteiger partial charge in [0, 0.05) is 5.75 Å². The first kappa shape index (κ1) is 7.98. The van der Waals surface area contributed by atoms with Gasteiger partial charge in [0.1, 0.15) is 6.29 Å². The highest BCUT2D eigenvalue weighted by atomic mass is 32.2. The van der Waals surface area contributed by atoms with Crippen molar-refractivity contribution >= 4 is 18.0 Å². The zero-order chi connectivity index (χ0) is 6.41. The molecule has 0 aliphatic rings. The van der Waals surface area contributed by atoms with Crippen molar-refractivity contribution in [3.8, 4) is 0 Å². The molecule has 0 aliphatic heterocycles. The van der Waals surface area contributed by atoms with Gasteiger partial charge in [0.05, 0.1) is 6.04 Å². The maximum absolute atomic E-state index is 10.1. The molecule has 0 radical (unpaired) electrons. The van der Waals surface area contributed by atoms with Crippen molar-refractivity contribution in [2.24, 2.45) is 0 Å². The summed E-state index contributed by atoms with van der Waals surface area (Å²) in [6.07, 6.45) is 2.91. The summed E-state index contributed by atoms with van der Waals surface area (Å²) in [6, 6.07) is 0.0324. The zero-order valence-electron chi connectivity index (χ0n) is 5.18. The smallest absolute Gasteiger partial charge is 0.137 e. The molecule has 0 aromatic rings. The van der Waals surface area contributed by atoms with Gasteiger partial charge in [-0.2, -0.15) is 11.8 Å². The normalized spacial score (nSPS) is 13.2. The number of hydrogen-bond acceptors (Lipinski definition) is 3. The Hall–Kier alpha value is -0.0200. The van der Waals surface area contributed by atoms with Crippen LogP contribution in [-0.4, -0.2) is 31.4 Å². The van der Waals surface area contributed by atoms with Crippen molar-refractivity contribution < 1.29 is 4.79 Å². The van der Waals surface area contributed by atoms with Crippen LogP contribution in [0, 0.1) is 0 Å². The second-order valence-electron chi connectivity index (χ2n) is 1.49. The van der Waals surface area contributed by atoms with Gasteiger partial charge in [-0.25, -0.2) is 0 Å². The van der Waals surface area contributed by atoms with Crippen LogP contribution in [0.2, 0.25) is 0 Å². The number of carbonyl (C=O) groups is 1. The van der Waals surface area contributed by atoms with E-state index in [-0.39, 0.29) is 6.04 Å². The van der Waals surface area contributed by atoms with Gasteiger partial charge in [-0.1, -0.05) is 0 Å². The summed E-state index contributed by atoms with van der Waals surface area (Å²) in [7, 11) is 1.79. The van der Waals surface area contributed by atoms with Crippen molar-refractivity contribution in [2.75, 3.05) is 19.1 Å². The fourth-order valence-corrected chi connectivity index (χ4v) is 0.975. The van der Waals surface area contributed by atoms with Crippen molar-refractivity contribution in [2.45, 2.75) is 6.04 Å². The lowest BCUT2D eigenvalue weighted by atomic mass is 10.4. The molecule has 0 aromatic heterocycles. The molecule has 48 valence electrons. The van der Waals surface area contributed by atoms with E-state index in [1.807, 2.05) is 6.26 Å². The Labute approximate surface area is 54.0 Å². The molecule has 8 heavy (non-hydrogen) atoms. The van der Waals surface area contributed by atoms with Gasteiger partial charge in [0.15, 0.2) is 0 Å². The standard InChI is InChI=1S/C5H11NOS/c1-6-5(3-7)4-8-2/h3,5-6H,4H2,1-2H3. The first-order valence-electron chi connectivity index (χ1n) is 2.46. The quantitative estimate of drug-likeness (QED) is 0.553. The Bertz CT molecular complexity index is 67.4. The number of thioether (sulfide) groups is 1. The van der Waals surface area contributed by atoms with Gasteiger partial charge >= 0.3 is 0 Å². The van der Waals surface area contributed by atoms with Crippen molar-refractivity contribution in [1.82, 2.24) is 5.32 Å². The molecule has 1 unspecified atom stereocenters. The van der Waals surface area contributed by atoms with Crippen LogP contribution in [0.4, 0.5) is 0 Å². The molecule has 0 bridgehead atoms. The predicted octanol–water partition coefficient (Wildman–Crippen LogP) is 0.136. The Morgan fingerprint density at radius 3 is 2.62 bits per heavy atom. The lowest BCUT2D eigenvalue weighted by Gasteiger charge is -2.03. The lowest BCUT2D eigenvalue weighted by Crippen LogP contribution is -2.28. The lowest BCUT2D eigenvalue weighted by molar-refractivity contribution is -0.109. The van der Waals surface area contributed by atoms with Crippen molar-refractivity contribution in [1.29, 1.82) is 0 Å². The Kier molecular flexibility index (Phi) is 5.11. The third kappa shape index (κ3) is 3.04. The van der Waals surface area contributed by atoms with E-state index in [9.17, 15) is 4.79 Å². The highest BCUT2D eigenvalue weighted by Crippen LogP contribution is 1.92. The van der Waals surface area contributed by atoms with Crippen LogP contribution in [0.25, 0.3) is 0 Å². The van der Waals surface area contributed by atoms with E-state index >= 15 is 0 Å². The Balaban J connectivity index is 3.21. The van der Waals surface area contributed by atoms with Crippen LogP contribution < -0.4 is 5.32 Å². The van der Waals surface area contributed by atoms with E-state index in [2.05, 4.69) is 5.32 Å². The van der Waals surface area contributed by atoms with Crippen LogP contribution in [0.1, 0.15) is 0 Å². The van der Waals surface area contributed by atoms with Crippen molar-refractivity contribution in [3.63, 3.8) is 0 Å². The summed E-state index contributed by atoms with van der Waals surface area (Å²) in [5.41, 5.74) is 0. The minimum Gasteiger partial charge on any atom is -0.310 e. The molecule has 2 nitrogen and oxygen atoms in total. The van der Waals surface area contributed by atoms with Crippen LogP contribution >= 0.6 is 11.8 Å². The van der Waals surface area contributed by atoms with E-state index < -0.39 is 0 Å². The van der Waals surface area contributed by atoms with Gasteiger partial charge in [0.25, 0.3) is 0 Å². The van der Waals surface area contributed by atoms with Crippen LogP contribution in [0.5, 0.6) is 0 Å². The van der Waals surface area contributed by atoms with Gasteiger partial charge in [-0.3, -0.25) is 0 Å². The molecule has 3 heteroatoms. The highest BCUT2D eigenvalue weighted by Gasteiger charge is 1.98. The third-order valence-electron chi connectivity index (χ3n) is 0.881. The largest absolute Gasteiger partial charge is 0.310 e. The monoisotopic (exact) mass is 133 g/mol. The first-order valence-corrected chi connectivity index (χ1v) is 3.86. The van der Waals surface area contributed by atoms with E-state index in [1.54, 1.807) is 18.8 Å². The Morgan fingerprint density at radius 1 is 1.88 bits per heavy atom. The number of carbonyl (C=O) groups excluding carboxylic acids is 1. The summed E-state index contributed by atoms with van der Waals surface area (Å²) >= 11 is 1.67. The molecule has 0 spiro atoms. The number of rotatable bonds is 4. The molecule has 0 heterocycles. The highest BCUT2D eigenvalue weighted by molar-refractivity contribution is 7.98. The minimum atomic E-state index is 0.0324. The summed E-state index contributed by atoms with van der Waals surface area (Å²) in [4.78, 5) is 10.1. The van der Waals surface area contributed by atoms with E-state index in [1.165, 1.54) is 0 Å². The average Bonchev–Trinajstić information content (AvgIpc) is 1.83. The molecule has 0 saturated carbocycles. The number of nitrogens with one attached hydrogen (secondary N) is 1. The number of aldehydes is 1. The summed E-state index contributed by atoms with van der Waals surface area (Å²) < 4.78 is 0. The van der Waals surface area contributed by atoms with Crippen LogP contribution in [0.3, 0.4) is 0 Å². The first-order chi connectivity index (χ1) is 3.85. The molecule has 0 aliphatic carbocycles. The molecule has 0 rings (SSSR count). The third-order valence-corrected chi connectivity index (χ3v) is 1.57. The second kappa shape index (κ2) is 5.12. The van der Waals surface area contributed by atoms with Crippen LogP contribution in [-0.2, 0) is 4.79 Å². The summed E-state index contributed by atoms with van der Waals surface area (Å²) in [5.74, 6) is 0.861. The maximum atomic E-state index is 10.1. The van der Waals surface area contributed by atoms with Gasteiger partial charge in [-0.15, -0.1) is 0 Å². The number of likely N-dealkylation sites (N-methyl/N-ethyl adjacent to an activating group) is 1. The van der Waals surface area contributed by atoms with Crippen molar-refractivity contribution in [3.05, 3.63) is 0 Å². The van der Waals surface area contributed by atoms with Crippen LogP contribution in [0.15, 0.2) is 0 Å². The number of hydrogen-bond donors (Lipinski definition) is 1. The second-order valence-corrected chi connectivity index (χ2v) is 2.40. The van der Waals surface area contributed by atoms with E-state index in [0.29, 0.717) is 0 Å². The fraction of sp³-hybridized carbons (Fsp3) is 0.800. The molecule has 1 atom stereocenters. The molecule has 0 aromatic carbocycles. The maximum Gasteiger partial charge on any atom is 0.137 e. The molecular weight excluding hydrogens is 122 g/mol.